The Labute approximate surface area is 218 Å². The number of aromatic amines is 2. The number of anilines is 1. The Morgan fingerprint density at radius 2 is 1.82 bits per heavy atom. The highest BCUT2D eigenvalue weighted by atomic mass is 32.2. The third kappa shape index (κ3) is 5.81. The van der Waals surface area contributed by atoms with Crippen molar-refractivity contribution in [3.8, 4) is 23.1 Å². The van der Waals surface area contributed by atoms with E-state index in [9.17, 15) is 29.4 Å². The van der Waals surface area contributed by atoms with E-state index in [1.165, 1.54) is 38.5 Å². The van der Waals surface area contributed by atoms with Gasteiger partial charge in [0.2, 0.25) is 17.7 Å². The molecule has 0 saturated carbocycles. The fourth-order valence-corrected chi connectivity index (χ4v) is 4.70. The molecule has 38 heavy (non-hydrogen) atoms. The summed E-state index contributed by atoms with van der Waals surface area (Å²) in [7, 11) is 2.94. The summed E-state index contributed by atoms with van der Waals surface area (Å²) in [5.41, 5.74) is -1.32. The quantitative estimate of drug-likeness (QED) is 0.243. The number of H-pyrrole nitrogens is 2. The van der Waals surface area contributed by atoms with E-state index in [2.05, 4.69) is 20.6 Å². The third-order valence-electron chi connectivity index (χ3n) is 5.52. The summed E-state index contributed by atoms with van der Waals surface area (Å²) in [5.74, 6) is -0.765. The number of phenols is 1. The Kier molecular flexibility index (Phi) is 7.71. The number of aromatic nitrogens is 2. The van der Waals surface area contributed by atoms with Crippen molar-refractivity contribution in [1.82, 2.24) is 15.3 Å². The van der Waals surface area contributed by atoms with Gasteiger partial charge in [0.25, 0.3) is 5.56 Å². The van der Waals surface area contributed by atoms with Gasteiger partial charge >= 0.3 is 5.69 Å². The number of carbonyl (C=O) groups is 2. The fraction of sp³-hybridized carbons (Fsp3) is 0.208. The Balaban J connectivity index is 1.58. The van der Waals surface area contributed by atoms with Gasteiger partial charge in [-0.2, -0.15) is 0 Å². The van der Waals surface area contributed by atoms with E-state index in [-0.39, 0.29) is 22.9 Å². The predicted molar refractivity (Wildman–Crippen MR) is 139 cm³/mol. The van der Waals surface area contributed by atoms with Crippen LogP contribution in [-0.4, -0.2) is 56.6 Å². The summed E-state index contributed by atoms with van der Waals surface area (Å²) >= 11 is 0.968. The smallest absolute Gasteiger partial charge is 0.328 e. The highest BCUT2D eigenvalue weighted by Gasteiger charge is 2.34. The fourth-order valence-electron chi connectivity index (χ4n) is 3.70. The van der Waals surface area contributed by atoms with Crippen molar-refractivity contribution in [2.45, 2.75) is 17.7 Å². The van der Waals surface area contributed by atoms with Crippen LogP contribution in [0.2, 0.25) is 0 Å². The molecule has 13 nitrogen and oxygen atoms in total. The lowest BCUT2D eigenvalue weighted by Gasteiger charge is -2.14. The molecule has 0 radical (unpaired) electrons. The van der Waals surface area contributed by atoms with Gasteiger partial charge in [-0.25, -0.2) is 9.79 Å². The van der Waals surface area contributed by atoms with E-state index in [0.29, 0.717) is 22.7 Å². The van der Waals surface area contributed by atoms with Gasteiger partial charge < -0.3 is 30.3 Å². The van der Waals surface area contributed by atoms with Crippen LogP contribution in [0, 0.1) is 0 Å². The lowest BCUT2D eigenvalue weighted by atomic mass is 10.0. The van der Waals surface area contributed by atoms with Gasteiger partial charge in [0.05, 0.1) is 19.9 Å². The zero-order valence-corrected chi connectivity index (χ0v) is 20.9. The van der Waals surface area contributed by atoms with Gasteiger partial charge in [0, 0.05) is 12.5 Å². The number of ether oxygens (including phenoxy) is 2. The van der Waals surface area contributed by atoms with Crippen LogP contribution >= 0.6 is 11.8 Å². The number of phenolic OH excluding ortho intramolecular Hbond substituents is 1. The summed E-state index contributed by atoms with van der Waals surface area (Å²) < 4.78 is 10.4. The lowest BCUT2D eigenvalue weighted by Crippen LogP contribution is -2.29. The maximum absolute atomic E-state index is 12.7. The van der Waals surface area contributed by atoms with Crippen LogP contribution in [0.5, 0.6) is 23.1 Å². The molecule has 2 atom stereocenters. The van der Waals surface area contributed by atoms with Crippen molar-refractivity contribution < 1.29 is 29.3 Å². The van der Waals surface area contributed by atoms with Gasteiger partial charge in [0.1, 0.15) is 34.1 Å². The summed E-state index contributed by atoms with van der Waals surface area (Å²) in [6.45, 7) is 0. The molecule has 1 aliphatic rings. The average molecular weight is 542 g/mol. The van der Waals surface area contributed by atoms with Crippen LogP contribution in [0.25, 0.3) is 0 Å². The Bertz CT molecular complexity index is 1520. The van der Waals surface area contributed by atoms with Gasteiger partial charge in [-0.15, -0.1) is 0 Å². The lowest BCUT2D eigenvalue weighted by molar-refractivity contribution is -0.122. The van der Waals surface area contributed by atoms with Gasteiger partial charge in [-0.05, 0) is 29.8 Å². The number of rotatable bonds is 8. The minimum atomic E-state index is -1.16. The minimum Gasteiger partial charge on any atom is -0.508 e. The first-order chi connectivity index (χ1) is 18.2. The van der Waals surface area contributed by atoms with Crippen LogP contribution in [0.1, 0.15) is 23.6 Å². The topological polar surface area (TPSA) is 195 Å². The zero-order chi connectivity index (χ0) is 27.4. The molecule has 1 aliphatic heterocycles. The van der Waals surface area contributed by atoms with Crippen LogP contribution in [0.3, 0.4) is 0 Å². The summed E-state index contributed by atoms with van der Waals surface area (Å²) in [4.78, 5) is 58.0. The first-order valence-electron chi connectivity index (χ1n) is 11.1. The van der Waals surface area contributed by atoms with Crippen LogP contribution in [0.15, 0.2) is 57.0 Å². The second kappa shape index (κ2) is 11.1. The molecule has 1 saturated heterocycles. The number of nitrogens with one attached hydrogen (secondary N) is 4. The molecule has 2 unspecified atom stereocenters. The molecule has 3 aromatic rings. The number of aliphatic imine (C=N–C) groups is 1. The number of methoxy groups -OCH3 is 2. The molecule has 0 aliphatic carbocycles. The summed E-state index contributed by atoms with van der Waals surface area (Å²) in [5, 5.41) is 24.5. The number of nitrogens with zero attached hydrogens (tertiary/aromatic N) is 1. The van der Waals surface area contributed by atoms with Gasteiger partial charge in [-0.1, -0.05) is 23.9 Å². The van der Waals surface area contributed by atoms with Crippen LogP contribution in [0.4, 0.5) is 5.69 Å². The number of amides is 2. The highest BCUT2D eigenvalue weighted by molar-refractivity contribution is 8.15. The number of hydrogen-bond donors (Lipinski definition) is 6. The molecule has 0 spiro atoms. The molecule has 2 aromatic carbocycles. The van der Waals surface area contributed by atoms with Crippen molar-refractivity contribution in [2.24, 2.45) is 4.99 Å². The molecule has 1 fully saturated rings. The van der Waals surface area contributed by atoms with Gasteiger partial charge in [-0.3, -0.25) is 24.4 Å². The second-order valence-electron chi connectivity index (χ2n) is 8.01. The van der Waals surface area contributed by atoms with Crippen LogP contribution in [-0.2, 0) is 9.59 Å². The first-order valence-corrected chi connectivity index (χ1v) is 12.0. The molecule has 1 aromatic heterocycles. The minimum absolute atomic E-state index is 0.0398. The van der Waals surface area contributed by atoms with Gasteiger partial charge in [0.15, 0.2) is 5.17 Å². The third-order valence-corrected chi connectivity index (χ3v) is 6.61. The zero-order valence-electron chi connectivity index (χ0n) is 20.1. The molecule has 198 valence electrons. The van der Waals surface area contributed by atoms with Crippen molar-refractivity contribution >= 4 is 34.4 Å². The maximum Gasteiger partial charge on any atom is 0.328 e. The number of aromatic hydroxyl groups is 2. The standard InChI is InChI=1S/C24H23N5O8S/c1-36-13-7-8-15(37-2)14(9-13)25-17(31)10-16-20(32)29-24(38-16)26-19(11-3-5-12(30)6-4-11)18-21(33)27-23(35)28-22(18)34/h3-9,16,19,30H,10H2,1-2H3,(H,25,31)(H,26,29,32)(H3,27,28,33,34,35). The highest BCUT2D eigenvalue weighted by Crippen LogP contribution is 2.33. The molecule has 0 bridgehead atoms. The Morgan fingerprint density at radius 1 is 1.08 bits per heavy atom. The second-order valence-corrected chi connectivity index (χ2v) is 9.20. The van der Waals surface area contributed by atoms with E-state index < -0.39 is 40.2 Å². The molecular formula is C24H23N5O8S. The largest absolute Gasteiger partial charge is 0.508 e. The molecule has 2 amide bonds. The van der Waals surface area contributed by atoms with E-state index >= 15 is 0 Å². The Morgan fingerprint density at radius 3 is 2.47 bits per heavy atom. The van der Waals surface area contributed by atoms with Crippen molar-refractivity contribution in [1.29, 1.82) is 0 Å². The number of benzene rings is 2. The number of carbonyl (C=O) groups excluding carboxylic acids is 2. The average Bonchev–Trinajstić information content (AvgIpc) is 3.21. The molecule has 2 heterocycles. The monoisotopic (exact) mass is 541 g/mol. The molecule has 14 heteroatoms. The van der Waals surface area contributed by atoms with Crippen molar-refractivity contribution in [2.75, 3.05) is 19.5 Å². The van der Waals surface area contributed by atoms with E-state index in [1.54, 1.807) is 18.2 Å². The number of amidine groups is 1. The normalized spacial score (nSPS) is 16.6. The van der Waals surface area contributed by atoms with E-state index in [4.69, 9.17) is 9.47 Å². The molecule has 4 rings (SSSR count). The maximum atomic E-state index is 12.7. The predicted octanol–water partition coefficient (Wildman–Crippen LogP) is 1.20. The van der Waals surface area contributed by atoms with Crippen LogP contribution < -0.4 is 31.4 Å². The van der Waals surface area contributed by atoms with Crippen molar-refractivity contribution in [3.63, 3.8) is 0 Å². The van der Waals surface area contributed by atoms with E-state index in [0.717, 1.165) is 11.8 Å². The first kappa shape index (κ1) is 26.3. The summed E-state index contributed by atoms with van der Waals surface area (Å²) in [6.07, 6.45) is -0.204. The number of thioether (sulfide) groups is 1. The SMILES string of the molecule is COc1ccc(OC)c(NC(=O)CC2SC(=NC(c3ccc(O)cc3)c3c(O)[nH]c(=O)[nH]c3=O)NC2=O)c1. The molecule has 6 N–H and O–H groups in total. The summed E-state index contributed by atoms with van der Waals surface area (Å²) in [6, 6.07) is 9.40. The molecular weight excluding hydrogens is 518 g/mol. The van der Waals surface area contributed by atoms with Crippen molar-refractivity contribution in [3.05, 3.63) is 74.4 Å². The van der Waals surface area contributed by atoms with E-state index in [1.807, 2.05) is 4.98 Å². The number of hydrogen-bond acceptors (Lipinski definition) is 10. The Hall–Kier alpha value is -4.72.